The standard InChI is InChI=1S/C89H130N22O20S/c1-8-10-24-69-82(123)100-60(31-32-75(115)116)78(119)106-68(77(118)97-46-73(94)113)48-132-49-74(114)98-65(39-51-27-29-55(131-7)30-28-51)85(126)107(4)50(3)76(117)101-63(34-37-92)87(128)110-38-18-26-70(110)83(124)105-67(43-93)81(122)102-62(23-16-17-35-90)88(129)111-47-54(112)42-72(111)84(125)103-64(40-52-44-95-58-21-14-12-19-56(52)58)80(121)99-61(33-36-91)79(120)104-66(41-53-45-96-59-22-15-13-20-57(53)59)86(127)109(6)71(25-11-9-2)89(130)108(69)5/h12-15,19-22,27-30,44-45,50,54,60-72,95-96,112H,8-11,16-18,23-26,31-43,46-49,90-93H2,1-7H3,(H2,94,113)(H,97,118)(H,98,114)(H,99,121)(H,100,123)(H,101,117)(H,102,122)(H,103,125)(H,104,120)(H,105,124)(H,106,119)(H,115,116)/t50-,54+,60-,61-,62-,63-,64-,65-,66-,67-,68-,69-,70-,71-,72-/m0/s1. The van der Waals surface area contributed by atoms with Crippen LogP contribution in [0.25, 0.3) is 21.8 Å². The first-order valence-corrected chi connectivity index (χ1v) is 46.0. The van der Waals surface area contributed by atoms with Crippen molar-refractivity contribution >= 4 is 134 Å². The number of carboxylic acids is 1. The van der Waals surface area contributed by atoms with Crippen LogP contribution in [-0.4, -0.2) is 321 Å². The maximum Gasteiger partial charge on any atom is 0.303 e. The van der Waals surface area contributed by atoms with Crippen molar-refractivity contribution in [1.29, 1.82) is 0 Å². The van der Waals surface area contributed by atoms with Crippen LogP contribution in [0.1, 0.15) is 140 Å². The van der Waals surface area contributed by atoms with Crippen LogP contribution in [0.4, 0.5) is 0 Å². The molecule has 15 atom stereocenters. The third kappa shape index (κ3) is 29.1. The van der Waals surface area contributed by atoms with E-state index in [0.29, 0.717) is 76.3 Å². The number of nitrogens with one attached hydrogen (secondary N) is 12. The van der Waals surface area contributed by atoms with E-state index < -0.39 is 235 Å². The quantitative estimate of drug-likeness (QED) is 0.0220. The molecule has 16 amide bonds. The predicted molar refractivity (Wildman–Crippen MR) is 489 cm³/mol. The first-order valence-electron chi connectivity index (χ1n) is 44.8. The number of methoxy groups -OCH3 is 1. The number of aromatic nitrogens is 2. The minimum atomic E-state index is -1.76. The fourth-order valence-corrected chi connectivity index (χ4v) is 17.2. The highest BCUT2D eigenvalue weighted by Gasteiger charge is 2.46. The molecule has 0 aliphatic carbocycles. The van der Waals surface area contributed by atoms with Crippen LogP contribution >= 0.6 is 11.8 Å². The molecule has 42 nitrogen and oxygen atoms in total. The highest BCUT2D eigenvalue weighted by Crippen LogP contribution is 2.28. The van der Waals surface area contributed by atoms with Crippen molar-refractivity contribution in [2.24, 2.45) is 28.7 Å². The lowest BCUT2D eigenvalue weighted by Gasteiger charge is -2.36. The lowest BCUT2D eigenvalue weighted by atomic mass is 9.99. The van der Waals surface area contributed by atoms with E-state index in [0.717, 1.165) is 31.4 Å². The second kappa shape index (κ2) is 51.5. The number of amides is 16. The number of likely N-dealkylation sites (N-methyl/N-ethyl adjacent to an activating group) is 3. The number of carbonyl (C=O) groups excluding carboxylic acids is 16. The van der Waals surface area contributed by atoms with Gasteiger partial charge in [0.25, 0.3) is 0 Å². The summed E-state index contributed by atoms with van der Waals surface area (Å²) in [4.78, 5) is 260. The number of unbranched alkanes of at least 4 members (excludes halogenated alkanes) is 3. The second-order valence-electron chi connectivity index (χ2n) is 33.5. The number of carboxylic acid groups (broad SMARTS) is 1. The van der Waals surface area contributed by atoms with Crippen molar-refractivity contribution in [3.05, 3.63) is 102 Å². The highest BCUT2D eigenvalue weighted by molar-refractivity contribution is 8.00. The van der Waals surface area contributed by atoms with Gasteiger partial charge in [-0.3, -0.25) is 81.5 Å². The van der Waals surface area contributed by atoms with Crippen LogP contribution in [0.2, 0.25) is 0 Å². The van der Waals surface area contributed by atoms with Crippen molar-refractivity contribution in [2.45, 2.75) is 233 Å². The van der Waals surface area contributed by atoms with Gasteiger partial charge in [-0.25, -0.2) is 0 Å². The fourth-order valence-electron chi connectivity index (χ4n) is 16.4. The second-order valence-corrected chi connectivity index (χ2v) is 34.6. The van der Waals surface area contributed by atoms with Crippen LogP contribution < -0.4 is 86.6 Å². The first-order chi connectivity index (χ1) is 63.1. The lowest BCUT2D eigenvalue weighted by molar-refractivity contribution is -0.149. The van der Waals surface area contributed by atoms with E-state index in [2.05, 4.69) is 63.1 Å². The topological polar surface area (TPSA) is 638 Å². The Bertz CT molecular complexity index is 4860. The molecule has 0 bridgehead atoms. The number of aliphatic hydroxyl groups is 1. The van der Waals surface area contributed by atoms with Crippen molar-refractivity contribution in [2.75, 3.05) is 85.6 Å². The Morgan fingerprint density at radius 3 is 1.62 bits per heavy atom. The number of rotatable bonds is 28. The summed E-state index contributed by atoms with van der Waals surface area (Å²) in [7, 11) is 5.40. The number of aliphatic hydroxyl groups excluding tert-OH is 1. The van der Waals surface area contributed by atoms with E-state index >= 15 is 33.6 Å². The van der Waals surface area contributed by atoms with E-state index in [-0.39, 0.29) is 103 Å². The van der Waals surface area contributed by atoms with Gasteiger partial charge in [-0.2, -0.15) is 0 Å². The van der Waals surface area contributed by atoms with Crippen LogP contribution in [0.3, 0.4) is 0 Å². The average molecular weight is 1860 g/mol. The number of aromatic amines is 2. The molecule has 3 fully saturated rings. The summed E-state index contributed by atoms with van der Waals surface area (Å²) in [6.45, 7) is 3.05. The number of nitrogens with zero attached hydrogens (tertiary/aromatic N) is 5. The number of para-hydroxylation sites is 2. The number of H-pyrrole nitrogens is 2. The molecule has 722 valence electrons. The number of aliphatic carboxylic acids is 1. The van der Waals surface area contributed by atoms with E-state index in [4.69, 9.17) is 33.4 Å². The molecule has 2 aromatic heterocycles. The highest BCUT2D eigenvalue weighted by atomic mass is 32.2. The number of nitrogens with two attached hydrogens (primary N) is 5. The molecule has 0 saturated carbocycles. The van der Waals surface area contributed by atoms with Gasteiger partial charge in [0.15, 0.2) is 0 Å². The van der Waals surface area contributed by atoms with Gasteiger partial charge in [0.1, 0.15) is 90.3 Å². The van der Waals surface area contributed by atoms with Gasteiger partial charge in [0.2, 0.25) is 94.5 Å². The lowest BCUT2D eigenvalue weighted by Crippen LogP contribution is -2.61. The SMILES string of the molecule is CCCC[C@H]1C(=O)N(C)[C@@H](CCCC)C(=O)N[C@@H](CCC(=O)O)C(=O)N[C@H](C(=O)NCC(N)=O)CSCC(=O)N[C@@H](Cc2ccc(OC)cc2)C(=O)N(C)[C@@H](C)C(=O)N[C@@H](CCN)C(=O)N2CCC[C@H]2C(=O)N[C@@H](CN)C(=O)N[C@@H](CCCCN)C(=O)N2C[C@H](O)C[C@H]2C(=O)N[C@@H](Cc2c[nH]c3ccccc23)C(=O)N[C@@H](CCN)C(=O)N[C@@H](Cc2c[nH]c3ccccc23)C(=O)N1C. The Morgan fingerprint density at radius 1 is 0.508 bits per heavy atom. The van der Waals surface area contributed by atoms with Crippen LogP contribution in [-0.2, 0) is 101 Å². The van der Waals surface area contributed by atoms with Crippen molar-refractivity contribution < 1.29 is 96.5 Å². The van der Waals surface area contributed by atoms with Gasteiger partial charge < -0.3 is 131 Å². The fraction of sp³-hybridized carbons (Fsp3) is 0.562. The first kappa shape index (κ1) is 105. The Morgan fingerprint density at radius 2 is 1.02 bits per heavy atom. The molecule has 0 unspecified atom stereocenters. The maximum absolute atomic E-state index is 15.8. The summed E-state index contributed by atoms with van der Waals surface area (Å²) in [5.74, 6) is -16.3. The summed E-state index contributed by atoms with van der Waals surface area (Å²) in [6, 6.07) is -0.264. The number of hydrogen-bond donors (Lipinski definition) is 19. The zero-order valence-corrected chi connectivity index (χ0v) is 76.6. The number of fused-ring (bicyclic) bond motifs is 4. The summed E-state index contributed by atoms with van der Waals surface area (Å²) in [6.07, 6.45) is 1.51. The molecule has 132 heavy (non-hydrogen) atoms. The van der Waals surface area contributed by atoms with Crippen LogP contribution in [0.5, 0.6) is 5.75 Å². The van der Waals surface area contributed by atoms with Crippen molar-refractivity contribution in [1.82, 2.24) is 87.6 Å². The molecule has 43 heteroatoms. The number of benzene rings is 3. The molecule has 5 aromatic rings. The minimum absolute atomic E-state index is 0.00893. The minimum Gasteiger partial charge on any atom is -0.497 e. The largest absolute Gasteiger partial charge is 0.497 e. The summed E-state index contributed by atoms with van der Waals surface area (Å²) in [5, 5.41) is 49.3. The molecule has 3 aromatic carbocycles. The average Bonchev–Trinajstić information content (AvgIpc) is 1.15. The van der Waals surface area contributed by atoms with Crippen LogP contribution in [0, 0.1) is 0 Å². The molecule has 3 saturated heterocycles. The predicted octanol–water partition coefficient (Wildman–Crippen LogP) is -3.12. The Kier molecular flexibility index (Phi) is 41.0. The maximum atomic E-state index is 15.8. The Labute approximate surface area is 769 Å². The number of thioether (sulfide) groups is 1. The summed E-state index contributed by atoms with van der Waals surface area (Å²) < 4.78 is 5.34. The third-order valence-corrected chi connectivity index (χ3v) is 25.1. The third-order valence-electron chi connectivity index (χ3n) is 24.0. The Hall–Kier alpha value is -12.3. The Balaban J connectivity index is 1.19. The number of primary amides is 1. The molecule has 24 N–H and O–H groups in total. The normalized spacial score (nSPS) is 25.1. The van der Waals surface area contributed by atoms with Gasteiger partial charge in [0, 0.05) is 113 Å². The molecular formula is C89H130N22O20S. The van der Waals surface area contributed by atoms with E-state index in [1.807, 2.05) is 13.8 Å². The molecular weight excluding hydrogens is 1730 g/mol. The molecule has 0 spiro atoms. The molecule has 0 radical (unpaired) electrons. The molecule has 5 heterocycles. The van der Waals surface area contributed by atoms with Gasteiger partial charge in [-0.1, -0.05) is 88.1 Å². The monoisotopic (exact) mass is 1860 g/mol. The molecule has 8 rings (SSSR count). The molecule has 3 aliphatic heterocycles. The zero-order valence-electron chi connectivity index (χ0n) is 75.8. The van der Waals surface area contributed by atoms with Gasteiger partial charge in [-0.15, -0.1) is 11.8 Å². The van der Waals surface area contributed by atoms with E-state index in [9.17, 15) is 58.2 Å². The smallest absolute Gasteiger partial charge is 0.303 e. The van der Waals surface area contributed by atoms with E-state index in [1.165, 1.54) is 40.1 Å². The summed E-state index contributed by atoms with van der Waals surface area (Å²) >= 11 is 0.757. The van der Waals surface area contributed by atoms with Gasteiger partial charge in [-0.05, 0) is 132 Å². The van der Waals surface area contributed by atoms with Crippen LogP contribution in [0.15, 0.2) is 85.2 Å². The zero-order chi connectivity index (χ0) is 96.6. The summed E-state index contributed by atoms with van der Waals surface area (Å²) in [5.41, 5.74) is 32.8. The number of carbonyl (C=O) groups is 17. The number of ether oxygens (including phenoxy) is 1. The van der Waals surface area contributed by atoms with Crippen molar-refractivity contribution in [3.63, 3.8) is 0 Å². The van der Waals surface area contributed by atoms with E-state index in [1.54, 1.807) is 85.2 Å². The van der Waals surface area contributed by atoms with Crippen molar-refractivity contribution in [3.8, 4) is 5.75 Å². The van der Waals surface area contributed by atoms with Gasteiger partial charge >= 0.3 is 5.97 Å². The number of hydrogen-bond acceptors (Lipinski definition) is 24. The van der Waals surface area contributed by atoms with Gasteiger partial charge in [0.05, 0.1) is 25.5 Å². The molecule has 3 aliphatic rings.